The fourth-order valence-corrected chi connectivity index (χ4v) is 5.73. The summed E-state index contributed by atoms with van der Waals surface area (Å²) in [6, 6.07) is 33.7. The molecular weight excluding hydrogens is 504 g/mol. The normalized spacial score (nSPS) is 11.4. The average molecular weight is 525 g/mol. The summed E-state index contributed by atoms with van der Waals surface area (Å²) in [4.78, 5) is 3.62. The molecule has 6 heteroatoms. The molecule has 0 saturated carbocycles. The van der Waals surface area contributed by atoms with E-state index in [1.165, 1.54) is 21.9 Å². The van der Waals surface area contributed by atoms with Crippen molar-refractivity contribution in [3.8, 4) is 5.69 Å². The van der Waals surface area contributed by atoms with Gasteiger partial charge in [0, 0.05) is 38.6 Å². The van der Waals surface area contributed by atoms with Crippen LogP contribution in [-0.2, 0) is 12.2 Å². The standard InChI is InChI=1S/C28H21BrN4S/c29-21-10-6-8-19(16-21)18-34-28-32-31-26(33(28)22-11-2-1-3-12-22)17-20-9-7-14-24-23-13-4-5-15-25(23)30-27(20)24/h1-16,30H,17-18H2. The monoisotopic (exact) mass is 524 g/mol. The zero-order valence-electron chi connectivity index (χ0n) is 18.3. The van der Waals surface area contributed by atoms with Crippen LogP contribution in [0, 0.1) is 0 Å². The van der Waals surface area contributed by atoms with Crippen LogP contribution in [0.1, 0.15) is 17.0 Å². The van der Waals surface area contributed by atoms with Crippen molar-refractivity contribution in [1.82, 2.24) is 19.7 Å². The lowest BCUT2D eigenvalue weighted by molar-refractivity contribution is 0.849. The van der Waals surface area contributed by atoms with Gasteiger partial charge in [0.2, 0.25) is 0 Å². The first-order valence-electron chi connectivity index (χ1n) is 11.1. The third-order valence-electron chi connectivity index (χ3n) is 5.95. The number of halogens is 1. The largest absolute Gasteiger partial charge is 0.354 e. The Hall–Kier alpha value is -3.35. The van der Waals surface area contributed by atoms with Crippen LogP contribution >= 0.6 is 27.7 Å². The van der Waals surface area contributed by atoms with Crippen molar-refractivity contribution in [3.63, 3.8) is 0 Å². The minimum Gasteiger partial charge on any atom is -0.354 e. The Labute approximate surface area is 210 Å². The number of H-pyrrole nitrogens is 1. The first-order valence-corrected chi connectivity index (χ1v) is 12.9. The van der Waals surface area contributed by atoms with E-state index in [1.807, 2.05) is 12.1 Å². The molecule has 0 unspecified atom stereocenters. The maximum absolute atomic E-state index is 4.65. The summed E-state index contributed by atoms with van der Waals surface area (Å²) in [5.74, 6) is 1.75. The molecule has 34 heavy (non-hydrogen) atoms. The van der Waals surface area contributed by atoms with Crippen LogP contribution in [0.2, 0.25) is 0 Å². The van der Waals surface area contributed by atoms with Gasteiger partial charge in [0.1, 0.15) is 5.82 Å². The summed E-state index contributed by atoms with van der Waals surface area (Å²) < 4.78 is 3.27. The number of nitrogens with zero attached hydrogens (tertiary/aromatic N) is 3. The molecule has 4 aromatic carbocycles. The Morgan fingerprint density at radius 2 is 1.59 bits per heavy atom. The van der Waals surface area contributed by atoms with E-state index in [1.54, 1.807) is 11.8 Å². The number of aromatic amines is 1. The van der Waals surface area contributed by atoms with E-state index in [0.29, 0.717) is 6.42 Å². The third kappa shape index (κ3) is 4.04. The zero-order valence-corrected chi connectivity index (χ0v) is 20.7. The lowest BCUT2D eigenvalue weighted by atomic mass is 10.1. The second kappa shape index (κ2) is 9.12. The molecule has 0 saturated heterocycles. The van der Waals surface area contributed by atoms with Gasteiger partial charge < -0.3 is 4.98 Å². The minimum absolute atomic E-state index is 0.684. The summed E-state index contributed by atoms with van der Waals surface area (Å²) in [6.45, 7) is 0. The Bertz CT molecular complexity index is 1600. The highest BCUT2D eigenvalue weighted by Gasteiger charge is 2.17. The molecule has 0 spiro atoms. The number of benzene rings is 4. The predicted octanol–water partition coefficient (Wildman–Crippen LogP) is 7.55. The molecule has 4 nitrogen and oxygen atoms in total. The maximum Gasteiger partial charge on any atom is 0.196 e. The molecule has 0 bridgehead atoms. The van der Waals surface area contributed by atoms with Crippen molar-refractivity contribution < 1.29 is 0 Å². The predicted molar refractivity (Wildman–Crippen MR) is 144 cm³/mol. The third-order valence-corrected chi connectivity index (χ3v) is 7.44. The molecule has 6 rings (SSSR count). The van der Waals surface area contributed by atoms with Crippen LogP contribution in [0.3, 0.4) is 0 Å². The summed E-state index contributed by atoms with van der Waals surface area (Å²) >= 11 is 5.27. The molecule has 2 aromatic heterocycles. The number of fused-ring (bicyclic) bond motifs is 3. The highest BCUT2D eigenvalue weighted by Crippen LogP contribution is 2.31. The second-order valence-electron chi connectivity index (χ2n) is 8.18. The fourth-order valence-electron chi connectivity index (χ4n) is 4.37. The van der Waals surface area contributed by atoms with Crippen molar-refractivity contribution in [3.05, 3.63) is 118 Å². The van der Waals surface area contributed by atoms with Gasteiger partial charge in [-0.25, -0.2) is 0 Å². The number of para-hydroxylation sites is 3. The number of aromatic nitrogens is 4. The second-order valence-corrected chi connectivity index (χ2v) is 10.0. The lowest BCUT2D eigenvalue weighted by Gasteiger charge is -2.11. The van der Waals surface area contributed by atoms with Gasteiger partial charge in [-0.15, -0.1) is 10.2 Å². The molecular formula is C28H21BrN4S. The van der Waals surface area contributed by atoms with Gasteiger partial charge in [0.25, 0.3) is 0 Å². The van der Waals surface area contributed by atoms with E-state index in [9.17, 15) is 0 Å². The molecule has 0 fully saturated rings. The van der Waals surface area contributed by atoms with Crippen LogP contribution in [0.15, 0.2) is 107 Å². The maximum atomic E-state index is 4.65. The Kier molecular flexibility index (Phi) is 5.69. The molecule has 0 aliphatic carbocycles. The van der Waals surface area contributed by atoms with Crippen molar-refractivity contribution in [1.29, 1.82) is 0 Å². The van der Waals surface area contributed by atoms with Gasteiger partial charge in [-0.05, 0) is 41.5 Å². The van der Waals surface area contributed by atoms with Crippen LogP contribution in [0.4, 0.5) is 0 Å². The highest BCUT2D eigenvalue weighted by molar-refractivity contribution is 9.10. The Balaban J connectivity index is 1.40. The molecule has 2 heterocycles. The molecule has 0 aliphatic rings. The minimum atomic E-state index is 0.684. The van der Waals surface area contributed by atoms with Gasteiger partial charge in [-0.2, -0.15) is 0 Å². The topological polar surface area (TPSA) is 46.5 Å². The Morgan fingerprint density at radius 1 is 0.794 bits per heavy atom. The molecule has 1 N–H and O–H groups in total. The smallest absolute Gasteiger partial charge is 0.196 e. The summed E-state index contributed by atoms with van der Waals surface area (Å²) in [5.41, 5.74) is 5.84. The van der Waals surface area contributed by atoms with Gasteiger partial charge >= 0.3 is 0 Å². The van der Waals surface area contributed by atoms with Gasteiger partial charge in [-0.3, -0.25) is 4.57 Å². The average Bonchev–Trinajstić information content (AvgIpc) is 3.45. The van der Waals surface area contributed by atoms with Crippen molar-refractivity contribution in [2.24, 2.45) is 0 Å². The zero-order chi connectivity index (χ0) is 22.9. The lowest BCUT2D eigenvalue weighted by Crippen LogP contribution is -2.04. The summed E-state index contributed by atoms with van der Waals surface area (Å²) in [5, 5.41) is 12.6. The summed E-state index contributed by atoms with van der Waals surface area (Å²) in [6.07, 6.45) is 0.684. The molecule has 166 valence electrons. The first kappa shape index (κ1) is 21.2. The van der Waals surface area contributed by atoms with Gasteiger partial charge in [-0.1, -0.05) is 94.4 Å². The quantitative estimate of drug-likeness (QED) is 0.229. The number of hydrogen-bond donors (Lipinski definition) is 1. The number of nitrogens with one attached hydrogen (secondary N) is 1. The molecule has 0 aliphatic heterocycles. The van der Waals surface area contributed by atoms with Gasteiger partial charge in [0.05, 0.1) is 5.52 Å². The number of hydrogen-bond acceptors (Lipinski definition) is 3. The number of rotatable bonds is 6. The number of thioether (sulfide) groups is 1. The van der Waals surface area contributed by atoms with E-state index in [2.05, 4.69) is 121 Å². The van der Waals surface area contributed by atoms with Crippen molar-refractivity contribution in [2.75, 3.05) is 0 Å². The molecule has 6 aromatic rings. The van der Waals surface area contributed by atoms with Crippen LogP contribution < -0.4 is 0 Å². The van der Waals surface area contributed by atoms with Crippen LogP contribution in [0.25, 0.3) is 27.5 Å². The highest BCUT2D eigenvalue weighted by atomic mass is 79.9. The van der Waals surface area contributed by atoms with E-state index >= 15 is 0 Å². The fraction of sp³-hybridized carbons (Fsp3) is 0.0714. The van der Waals surface area contributed by atoms with Gasteiger partial charge in [0.15, 0.2) is 5.16 Å². The SMILES string of the molecule is Brc1cccc(CSc2nnc(Cc3cccc4c3[nH]c3ccccc34)n2-c2ccccc2)c1. The van der Waals surface area contributed by atoms with E-state index in [0.717, 1.165) is 37.9 Å². The van der Waals surface area contributed by atoms with Crippen molar-refractivity contribution >= 4 is 49.5 Å². The molecule has 0 radical (unpaired) electrons. The first-order chi connectivity index (χ1) is 16.8. The van der Waals surface area contributed by atoms with E-state index in [4.69, 9.17) is 0 Å². The van der Waals surface area contributed by atoms with E-state index in [-0.39, 0.29) is 0 Å². The van der Waals surface area contributed by atoms with Crippen molar-refractivity contribution in [2.45, 2.75) is 17.3 Å². The summed E-state index contributed by atoms with van der Waals surface area (Å²) in [7, 11) is 0. The molecule has 0 amide bonds. The van der Waals surface area contributed by atoms with Crippen LogP contribution in [-0.4, -0.2) is 19.7 Å². The molecule has 0 atom stereocenters. The van der Waals surface area contributed by atoms with E-state index < -0.39 is 0 Å². The van der Waals surface area contributed by atoms with Crippen LogP contribution in [0.5, 0.6) is 0 Å². The Morgan fingerprint density at radius 3 is 2.47 bits per heavy atom.